The predicted molar refractivity (Wildman–Crippen MR) is 104 cm³/mol. The summed E-state index contributed by atoms with van der Waals surface area (Å²) in [5.41, 5.74) is 0.784. The largest absolute Gasteiger partial charge is 0.497 e. The van der Waals surface area contributed by atoms with E-state index in [-0.39, 0.29) is 18.0 Å². The fourth-order valence-corrected chi connectivity index (χ4v) is 3.01. The fraction of sp³-hybridized carbons (Fsp3) is 0.429. The highest BCUT2D eigenvalue weighted by Gasteiger charge is 2.19. The van der Waals surface area contributed by atoms with Crippen LogP contribution in [0.4, 0.5) is 0 Å². The molecule has 2 aromatic rings. The van der Waals surface area contributed by atoms with Crippen molar-refractivity contribution < 1.29 is 18.7 Å². The lowest BCUT2D eigenvalue weighted by Crippen LogP contribution is -2.29. The minimum absolute atomic E-state index is 0.0318. The van der Waals surface area contributed by atoms with Gasteiger partial charge in [0.15, 0.2) is 0 Å². The van der Waals surface area contributed by atoms with E-state index in [0.717, 1.165) is 18.4 Å². The van der Waals surface area contributed by atoms with Crippen LogP contribution in [0.5, 0.6) is 11.5 Å². The second kappa shape index (κ2) is 9.26. The van der Waals surface area contributed by atoms with Gasteiger partial charge in [0.1, 0.15) is 22.8 Å². The monoisotopic (exact) mass is 373 g/mol. The standard InChI is InChI=1S/C21H27NO5/c1-6-7-13(2)18-10-14(3)19(21(24)27-18)20(23)22-12-15-11-16(25-4)8-9-17(15)26-5/h8-11,13H,6-7,12H2,1-5H3,(H,22,23). The minimum atomic E-state index is -0.608. The van der Waals surface area contributed by atoms with Gasteiger partial charge < -0.3 is 19.2 Å². The molecule has 1 unspecified atom stereocenters. The number of methoxy groups -OCH3 is 2. The zero-order chi connectivity index (χ0) is 20.0. The maximum absolute atomic E-state index is 12.6. The molecule has 2 rings (SSSR count). The van der Waals surface area contributed by atoms with E-state index in [0.29, 0.717) is 22.8 Å². The predicted octanol–water partition coefficient (Wildman–Crippen LogP) is 3.80. The maximum atomic E-state index is 12.6. The van der Waals surface area contributed by atoms with E-state index < -0.39 is 11.5 Å². The Morgan fingerprint density at radius 2 is 1.96 bits per heavy atom. The number of benzene rings is 1. The summed E-state index contributed by atoms with van der Waals surface area (Å²) in [6.45, 7) is 6.04. The van der Waals surface area contributed by atoms with Gasteiger partial charge in [-0.25, -0.2) is 4.79 Å². The normalized spacial score (nSPS) is 11.7. The van der Waals surface area contributed by atoms with Crippen LogP contribution in [-0.4, -0.2) is 20.1 Å². The van der Waals surface area contributed by atoms with Crippen molar-refractivity contribution in [1.82, 2.24) is 5.32 Å². The number of carbonyl (C=O) groups excluding carboxylic acids is 1. The van der Waals surface area contributed by atoms with E-state index in [9.17, 15) is 9.59 Å². The number of ether oxygens (including phenoxy) is 2. The average Bonchev–Trinajstić information content (AvgIpc) is 2.65. The van der Waals surface area contributed by atoms with Crippen molar-refractivity contribution >= 4 is 5.91 Å². The number of carbonyl (C=O) groups is 1. The quantitative estimate of drug-likeness (QED) is 0.761. The summed E-state index contributed by atoms with van der Waals surface area (Å²) in [6, 6.07) is 7.11. The number of amides is 1. The summed E-state index contributed by atoms with van der Waals surface area (Å²) in [5.74, 6) is 1.57. The Hall–Kier alpha value is -2.76. The number of aryl methyl sites for hydroxylation is 1. The minimum Gasteiger partial charge on any atom is -0.497 e. The smallest absolute Gasteiger partial charge is 0.349 e. The van der Waals surface area contributed by atoms with Gasteiger partial charge >= 0.3 is 5.63 Å². The summed E-state index contributed by atoms with van der Waals surface area (Å²) in [5, 5.41) is 2.76. The van der Waals surface area contributed by atoms with Gasteiger partial charge in [0, 0.05) is 18.0 Å². The van der Waals surface area contributed by atoms with E-state index in [1.54, 1.807) is 45.4 Å². The van der Waals surface area contributed by atoms with Crippen LogP contribution in [-0.2, 0) is 6.54 Å². The Kier molecular flexibility index (Phi) is 7.05. The zero-order valence-corrected chi connectivity index (χ0v) is 16.5. The van der Waals surface area contributed by atoms with E-state index >= 15 is 0 Å². The maximum Gasteiger partial charge on any atom is 0.349 e. The average molecular weight is 373 g/mol. The van der Waals surface area contributed by atoms with Crippen LogP contribution in [0.3, 0.4) is 0 Å². The van der Waals surface area contributed by atoms with Gasteiger partial charge in [-0.05, 0) is 43.2 Å². The molecule has 0 aliphatic carbocycles. The Bertz CT molecular complexity index is 856. The van der Waals surface area contributed by atoms with Crippen LogP contribution in [0.2, 0.25) is 0 Å². The molecule has 1 N–H and O–H groups in total. The molecule has 0 aliphatic heterocycles. The summed E-state index contributed by atoms with van der Waals surface area (Å²) in [4.78, 5) is 25.0. The van der Waals surface area contributed by atoms with E-state index in [1.165, 1.54) is 0 Å². The first kappa shape index (κ1) is 20.6. The second-order valence-electron chi connectivity index (χ2n) is 6.54. The summed E-state index contributed by atoms with van der Waals surface area (Å²) in [7, 11) is 3.13. The van der Waals surface area contributed by atoms with Crippen molar-refractivity contribution in [2.24, 2.45) is 0 Å². The Labute approximate surface area is 159 Å². The fourth-order valence-electron chi connectivity index (χ4n) is 3.01. The van der Waals surface area contributed by atoms with Gasteiger partial charge in [0.2, 0.25) is 0 Å². The summed E-state index contributed by atoms with van der Waals surface area (Å²) < 4.78 is 15.9. The van der Waals surface area contributed by atoms with Gasteiger partial charge in [-0.2, -0.15) is 0 Å². The van der Waals surface area contributed by atoms with Crippen molar-refractivity contribution in [2.75, 3.05) is 14.2 Å². The van der Waals surface area contributed by atoms with Gasteiger partial charge in [-0.15, -0.1) is 0 Å². The van der Waals surface area contributed by atoms with Crippen LogP contribution in [0.25, 0.3) is 0 Å². The third-order valence-corrected chi connectivity index (χ3v) is 4.53. The van der Waals surface area contributed by atoms with Gasteiger partial charge in [-0.1, -0.05) is 20.3 Å². The van der Waals surface area contributed by atoms with Crippen LogP contribution in [0.15, 0.2) is 33.5 Å². The molecule has 1 heterocycles. The highest BCUT2D eigenvalue weighted by atomic mass is 16.5. The summed E-state index contributed by atoms with van der Waals surface area (Å²) >= 11 is 0. The Morgan fingerprint density at radius 3 is 2.56 bits per heavy atom. The van der Waals surface area contributed by atoms with Crippen molar-refractivity contribution in [3.05, 3.63) is 57.1 Å². The third-order valence-electron chi connectivity index (χ3n) is 4.53. The highest BCUT2D eigenvalue weighted by molar-refractivity contribution is 5.95. The first-order chi connectivity index (χ1) is 12.9. The molecule has 0 saturated carbocycles. The molecule has 6 nitrogen and oxygen atoms in total. The van der Waals surface area contributed by atoms with Gasteiger partial charge in [0.05, 0.1) is 14.2 Å². The number of hydrogen-bond acceptors (Lipinski definition) is 5. The molecular formula is C21H27NO5. The molecule has 0 aliphatic rings. The summed E-state index contributed by atoms with van der Waals surface area (Å²) in [6.07, 6.45) is 1.91. The molecule has 1 atom stereocenters. The van der Waals surface area contributed by atoms with Crippen LogP contribution < -0.4 is 20.4 Å². The molecule has 1 amide bonds. The number of rotatable bonds is 8. The molecule has 0 spiro atoms. The molecule has 27 heavy (non-hydrogen) atoms. The van der Waals surface area contributed by atoms with Crippen molar-refractivity contribution in [3.63, 3.8) is 0 Å². The highest BCUT2D eigenvalue weighted by Crippen LogP contribution is 2.24. The molecule has 1 aromatic heterocycles. The SMILES string of the molecule is CCCC(C)c1cc(C)c(C(=O)NCc2cc(OC)ccc2OC)c(=O)o1. The van der Waals surface area contributed by atoms with Crippen molar-refractivity contribution in [2.45, 2.75) is 46.1 Å². The Morgan fingerprint density at radius 1 is 1.22 bits per heavy atom. The van der Waals surface area contributed by atoms with E-state index in [4.69, 9.17) is 13.9 Å². The molecule has 6 heteroatoms. The zero-order valence-electron chi connectivity index (χ0n) is 16.5. The molecule has 0 bridgehead atoms. The lowest BCUT2D eigenvalue weighted by Gasteiger charge is -2.13. The van der Waals surface area contributed by atoms with E-state index in [1.807, 2.05) is 6.92 Å². The first-order valence-corrected chi connectivity index (χ1v) is 9.05. The first-order valence-electron chi connectivity index (χ1n) is 9.05. The molecule has 1 aromatic carbocycles. The van der Waals surface area contributed by atoms with Crippen LogP contribution >= 0.6 is 0 Å². The topological polar surface area (TPSA) is 77.8 Å². The lowest BCUT2D eigenvalue weighted by molar-refractivity contribution is 0.0945. The van der Waals surface area contributed by atoms with Crippen molar-refractivity contribution in [3.8, 4) is 11.5 Å². The van der Waals surface area contributed by atoms with Crippen LogP contribution in [0.1, 0.15) is 59.9 Å². The molecule has 0 saturated heterocycles. The lowest BCUT2D eigenvalue weighted by atomic mass is 10.0. The van der Waals surface area contributed by atoms with E-state index in [2.05, 4.69) is 12.2 Å². The third kappa shape index (κ3) is 4.90. The van der Waals surface area contributed by atoms with Gasteiger partial charge in [0.25, 0.3) is 5.91 Å². The molecule has 0 radical (unpaired) electrons. The van der Waals surface area contributed by atoms with Crippen LogP contribution in [0, 0.1) is 6.92 Å². The molecular weight excluding hydrogens is 346 g/mol. The second-order valence-corrected chi connectivity index (χ2v) is 6.54. The molecule has 0 fully saturated rings. The molecule has 146 valence electrons. The van der Waals surface area contributed by atoms with Gasteiger partial charge in [-0.3, -0.25) is 4.79 Å². The Balaban J connectivity index is 2.21. The van der Waals surface area contributed by atoms with Crippen molar-refractivity contribution in [1.29, 1.82) is 0 Å². The number of hydrogen-bond donors (Lipinski definition) is 1. The number of nitrogens with one attached hydrogen (secondary N) is 1.